The number of carbonyl (C=O) groups is 1. The molecule has 0 saturated carbocycles. The van der Waals surface area contributed by atoms with Crippen LogP contribution in [0.5, 0.6) is 0 Å². The number of hydrogen-bond donors (Lipinski definition) is 2. The Labute approximate surface area is 105 Å². The molecule has 0 aromatic heterocycles. The van der Waals surface area contributed by atoms with Crippen LogP contribution in [-0.2, 0) is 4.79 Å². The van der Waals surface area contributed by atoms with Gasteiger partial charge in [-0.05, 0) is 40.0 Å². The molecule has 0 aromatic rings. The molecule has 0 saturated heterocycles. The number of hydrogen-bond acceptors (Lipinski definition) is 2. The van der Waals surface area contributed by atoms with Gasteiger partial charge in [-0.1, -0.05) is 31.8 Å². The highest BCUT2D eigenvalue weighted by molar-refractivity contribution is 5.86. The molecule has 3 heteroatoms. The fourth-order valence-corrected chi connectivity index (χ4v) is 1.80. The standard InChI is InChI=1S/C14H27NO2/c1-4-12(13(16)17)10-8-6-5-7-9-11-14(2,3)15/h4H,5-11,15H2,1-3H3,(H,16,17). The highest BCUT2D eigenvalue weighted by Gasteiger charge is 2.09. The Morgan fingerprint density at radius 2 is 1.71 bits per heavy atom. The predicted molar refractivity (Wildman–Crippen MR) is 72.0 cm³/mol. The van der Waals surface area contributed by atoms with Gasteiger partial charge in [0.1, 0.15) is 0 Å². The minimum Gasteiger partial charge on any atom is -0.478 e. The van der Waals surface area contributed by atoms with Gasteiger partial charge in [-0.2, -0.15) is 0 Å². The van der Waals surface area contributed by atoms with Crippen molar-refractivity contribution < 1.29 is 9.90 Å². The Morgan fingerprint density at radius 3 is 2.18 bits per heavy atom. The minimum atomic E-state index is -0.780. The Balaban J connectivity index is 3.44. The molecule has 0 radical (unpaired) electrons. The lowest BCUT2D eigenvalue weighted by Crippen LogP contribution is -2.31. The van der Waals surface area contributed by atoms with Crippen LogP contribution in [0.1, 0.15) is 65.7 Å². The summed E-state index contributed by atoms with van der Waals surface area (Å²) in [5, 5.41) is 8.82. The molecular formula is C14H27NO2. The molecule has 0 unspecified atom stereocenters. The van der Waals surface area contributed by atoms with Crippen LogP contribution in [0, 0.1) is 0 Å². The van der Waals surface area contributed by atoms with Crippen molar-refractivity contribution in [2.24, 2.45) is 5.73 Å². The molecule has 0 atom stereocenters. The van der Waals surface area contributed by atoms with Gasteiger partial charge in [-0.15, -0.1) is 0 Å². The summed E-state index contributed by atoms with van der Waals surface area (Å²) < 4.78 is 0. The van der Waals surface area contributed by atoms with E-state index in [9.17, 15) is 4.79 Å². The monoisotopic (exact) mass is 241 g/mol. The van der Waals surface area contributed by atoms with E-state index in [1.54, 1.807) is 13.0 Å². The van der Waals surface area contributed by atoms with Crippen molar-refractivity contribution in [3.05, 3.63) is 11.6 Å². The SMILES string of the molecule is CC=C(CCCCCCCC(C)(C)N)C(=O)O. The fourth-order valence-electron chi connectivity index (χ4n) is 1.80. The summed E-state index contributed by atoms with van der Waals surface area (Å²) in [6, 6.07) is 0. The highest BCUT2D eigenvalue weighted by Crippen LogP contribution is 2.14. The van der Waals surface area contributed by atoms with Gasteiger partial charge < -0.3 is 10.8 Å². The molecule has 0 aromatic carbocycles. The first kappa shape index (κ1) is 16.2. The van der Waals surface area contributed by atoms with Crippen molar-refractivity contribution in [2.75, 3.05) is 0 Å². The van der Waals surface area contributed by atoms with Crippen molar-refractivity contribution in [2.45, 2.75) is 71.3 Å². The molecule has 0 bridgehead atoms. The third-order valence-electron chi connectivity index (χ3n) is 2.89. The maximum Gasteiger partial charge on any atom is 0.331 e. The molecule has 0 amide bonds. The van der Waals surface area contributed by atoms with Crippen LogP contribution in [0.15, 0.2) is 11.6 Å². The number of allylic oxidation sites excluding steroid dienone is 1. The fraction of sp³-hybridized carbons (Fsp3) is 0.786. The summed E-state index contributed by atoms with van der Waals surface area (Å²) in [7, 11) is 0. The zero-order valence-corrected chi connectivity index (χ0v) is 11.5. The van der Waals surface area contributed by atoms with E-state index < -0.39 is 5.97 Å². The number of carboxylic acid groups (broad SMARTS) is 1. The van der Waals surface area contributed by atoms with Crippen LogP contribution in [0.2, 0.25) is 0 Å². The molecule has 100 valence electrons. The van der Waals surface area contributed by atoms with Crippen molar-refractivity contribution in [3.63, 3.8) is 0 Å². The smallest absolute Gasteiger partial charge is 0.331 e. The van der Waals surface area contributed by atoms with Crippen LogP contribution < -0.4 is 5.73 Å². The van der Waals surface area contributed by atoms with Crippen LogP contribution in [0.4, 0.5) is 0 Å². The van der Waals surface area contributed by atoms with E-state index >= 15 is 0 Å². The first-order valence-electron chi connectivity index (χ1n) is 6.54. The summed E-state index contributed by atoms with van der Waals surface area (Å²) in [6.45, 7) is 5.89. The van der Waals surface area contributed by atoms with Crippen LogP contribution in [-0.4, -0.2) is 16.6 Å². The second-order valence-electron chi connectivity index (χ2n) is 5.38. The average Bonchev–Trinajstić information content (AvgIpc) is 2.20. The van der Waals surface area contributed by atoms with Crippen LogP contribution >= 0.6 is 0 Å². The molecule has 0 rings (SSSR count). The second kappa shape index (κ2) is 8.29. The molecular weight excluding hydrogens is 214 g/mol. The van der Waals surface area contributed by atoms with Gasteiger partial charge in [0.15, 0.2) is 0 Å². The van der Waals surface area contributed by atoms with E-state index in [4.69, 9.17) is 10.8 Å². The van der Waals surface area contributed by atoms with Gasteiger partial charge in [0.2, 0.25) is 0 Å². The Hall–Kier alpha value is -0.830. The number of unbranched alkanes of at least 4 members (excludes halogenated alkanes) is 4. The van der Waals surface area contributed by atoms with E-state index in [1.807, 2.05) is 0 Å². The third-order valence-corrected chi connectivity index (χ3v) is 2.89. The van der Waals surface area contributed by atoms with Gasteiger partial charge in [0.25, 0.3) is 0 Å². The summed E-state index contributed by atoms with van der Waals surface area (Å²) in [6.07, 6.45) is 9.05. The molecule has 3 nitrogen and oxygen atoms in total. The van der Waals surface area contributed by atoms with E-state index in [-0.39, 0.29) is 5.54 Å². The van der Waals surface area contributed by atoms with Gasteiger partial charge in [0.05, 0.1) is 0 Å². The van der Waals surface area contributed by atoms with E-state index in [0.717, 1.165) is 19.3 Å². The summed E-state index contributed by atoms with van der Waals surface area (Å²) in [5.74, 6) is -0.780. The maximum atomic E-state index is 10.7. The van der Waals surface area contributed by atoms with Crippen molar-refractivity contribution >= 4 is 5.97 Å². The lowest BCUT2D eigenvalue weighted by molar-refractivity contribution is -0.132. The largest absolute Gasteiger partial charge is 0.478 e. The highest BCUT2D eigenvalue weighted by atomic mass is 16.4. The minimum absolute atomic E-state index is 0.0541. The molecule has 17 heavy (non-hydrogen) atoms. The van der Waals surface area contributed by atoms with E-state index in [0.29, 0.717) is 12.0 Å². The van der Waals surface area contributed by atoms with Crippen molar-refractivity contribution in [3.8, 4) is 0 Å². The van der Waals surface area contributed by atoms with E-state index in [2.05, 4.69) is 13.8 Å². The quantitative estimate of drug-likeness (QED) is 0.480. The first-order chi connectivity index (χ1) is 7.87. The first-order valence-corrected chi connectivity index (χ1v) is 6.54. The Morgan fingerprint density at radius 1 is 1.18 bits per heavy atom. The summed E-state index contributed by atoms with van der Waals surface area (Å²) >= 11 is 0. The topological polar surface area (TPSA) is 63.3 Å². The zero-order chi connectivity index (χ0) is 13.3. The Bertz CT molecular complexity index is 251. The molecule has 0 aliphatic heterocycles. The van der Waals surface area contributed by atoms with Gasteiger partial charge >= 0.3 is 5.97 Å². The zero-order valence-electron chi connectivity index (χ0n) is 11.5. The average molecular weight is 241 g/mol. The molecule has 3 N–H and O–H groups in total. The van der Waals surface area contributed by atoms with Gasteiger partial charge in [0, 0.05) is 11.1 Å². The van der Waals surface area contributed by atoms with Crippen LogP contribution in [0.25, 0.3) is 0 Å². The van der Waals surface area contributed by atoms with Crippen LogP contribution in [0.3, 0.4) is 0 Å². The number of carboxylic acids is 1. The Kier molecular flexibility index (Phi) is 7.88. The van der Waals surface area contributed by atoms with E-state index in [1.165, 1.54) is 19.3 Å². The molecule has 0 spiro atoms. The van der Waals surface area contributed by atoms with Gasteiger partial charge in [-0.25, -0.2) is 4.79 Å². The lowest BCUT2D eigenvalue weighted by Gasteiger charge is -2.17. The lowest BCUT2D eigenvalue weighted by atomic mass is 9.97. The molecule has 0 aliphatic rings. The molecule has 0 heterocycles. The number of nitrogens with two attached hydrogens (primary N) is 1. The summed E-state index contributed by atoms with van der Waals surface area (Å²) in [4.78, 5) is 10.7. The maximum absolute atomic E-state index is 10.7. The normalized spacial score (nSPS) is 12.8. The second-order valence-corrected chi connectivity index (χ2v) is 5.38. The van der Waals surface area contributed by atoms with Crippen molar-refractivity contribution in [1.82, 2.24) is 0 Å². The third kappa shape index (κ3) is 10.1. The van der Waals surface area contributed by atoms with Crippen molar-refractivity contribution in [1.29, 1.82) is 0 Å². The summed E-state index contributed by atoms with van der Waals surface area (Å²) in [5.41, 5.74) is 6.38. The number of rotatable bonds is 9. The van der Waals surface area contributed by atoms with Gasteiger partial charge in [-0.3, -0.25) is 0 Å². The predicted octanol–water partition coefficient (Wildman–Crippen LogP) is 3.49. The molecule has 0 fully saturated rings. The molecule has 0 aliphatic carbocycles. The number of aliphatic carboxylic acids is 1.